The van der Waals surface area contributed by atoms with Crippen molar-refractivity contribution in [2.75, 3.05) is 0 Å². The van der Waals surface area contributed by atoms with Crippen LogP contribution in [0.15, 0.2) is 25.0 Å². The fourth-order valence-electron chi connectivity index (χ4n) is 3.54. The van der Waals surface area contributed by atoms with E-state index in [1.165, 1.54) is 6.08 Å². The van der Waals surface area contributed by atoms with Gasteiger partial charge in [-0.05, 0) is 25.3 Å². The zero-order chi connectivity index (χ0) is 18.2. The molecule has 0 aliphatic heterocycles. The standard InChI is InChI=1S/C16H17F3N4O2/c1-2-12(24)22-10-6-11(15(10)4-3-5-15)23-13(25)9-7-20-14(21-8-9)16(17,18)19/h2,7-8,10-11H,1,3-6H2,(H,22,24)(H,23,25). The zero-order valence-corrected chi connectivity index (χ0v) is 13.3. The molecule has 1 aromatic heterocycles. The van der Waals surface area contributed by atoms with Gasteiger partial charge < -0.3 is 10.6 Å². The van der Waals surface area contributed by atoms with E-state index in [2.05, 4.69) is 27.2 Å². The van der Waals surface area contributed by atoms with Crippen LogP contribution < -0.4 is 10.6 Å². The number of alkyl halides is 3. The van der Waals surface area contributed by atoms with Crippen molar-refractivity contribution in [2.45, 2.75) is 43.9 Å². The SMILES string of the molecule is C=CC(=O)NC1CC(NC(=O)c2cnc(C(F)(F)F)nc2)C12CCC2. The highest BCUT2D eigenvalue weighted by Crippen LogP contribution is 2.56. The van der Waals surface area contributed by atoms with Crippen molar-refractivity contribution in [1.82, 2.24) is 20.6 Å². The fourth-order valence-corrected chi connectivity index (χ4v) is 3.54. The van der Waals surface area contributed by atoms with Gasteiger partial charge in [0.2, 0.25) is 11.7 Å². The zero-order valence-electron chi connectivity index (χ0n) is 13.3. The molecule has 0 bridgehead atoms. The summed E-state index contributed by atoms with van der Waals surface area (Å²) in [6.45, 7) is 3.42. The normalized spacial score (nSPS) is 24.0. The maximum absolute atomic E-state index is 12.5. The summed E-state index contributed by atoms with van der Waals surface area (Å²) in [6, 6.07) is -0.160. The number of nitrogens with zero attached hydrogens (tertiary/aromatic N) is 2. The van der Waals surface area contributed by atoms with Gasteiger partial charge in [-0.3, -0.25) is 9.59 Å². The first kappa shape index (κ1) is 17.4. The van der Waals surface area contributed by atoms with Gasteiger partial charge in [0.1, 0.15) is 0 Å². The highest BCUT2D eigenvalue weighted by molar-refractivity contribution is 5.94. The predicted octanol–water partition coefficient (Wildman–Crippen LogP) is 1.84. The fraction of sp³-hybridized carbons (Fsp3) is 0.500. The average Bonchev–Trinajstić information content (AvgIpc) is 2.50. The molecule has 1 spiro atoms. The number of nitrogens with one attached hydrogen (secondary N) is 2. The third-order valence-electron chi connectivity index (χ3n) is 5.12. The molecule has 2 fully saturated rings. The van der Waals surface area contributed by atoms with Crippen LogP contribution in [0.5, 0.6) is 0 Å². The third kappa shape index (κ3) is 3.10. The molecule has 0 radical (unpaired) electrons. The summed E-state index contributed by atoms with van der Waals surface area (Å²) in [5.74, 6) is -2.05. The molecule has 2 atom stereocenters. The van der Waals surface area contributed by atoms with E-state index in [0.717, 1.165) is 31.7 Å². The Labute approximate surface area is 141 Å². The maximum atomic E-state index is 12.5. The molecule has 2 aliphatic carbocycles. The molecule has 1 heterocycles. The van der Waals surface area contributed by atoms with Crippen molar-refractivity contribution in [2.24, 2.45) is 5.41 Å². The highest BCUT2D eigenvalue weighted by Gasteiger charge is 2.59. The lowest BCUT2D eigenvalue weighted by molar-refractivity contribution is -0.145. The van der Waals surface area contributed by atoms with Gasteiger partial charge in [-0.25, -0.2) is 9.97 Å². The minimum absolute atomic E-state index is 0.0268. The minimum atomic E-state index is -4.64. The quantitative estimate of drug-likeness (QED) is 0.808. The Morgan fingerprint density at radius 3 is 2.28 bits per heavy atom. The Bertz CT molecular complexity index is 698. The van der Waals surface area contributed by atoms with E-state index in [-0.39, 0.29) is 29.0 Å². The second-order valence-corrected chi connectivity index (χ2v) is 6.41. The lowest BCUT2D eigenvalue weighted by atomic mass is 9.49. The second-order valence-electron chi connectivity index (χ2n) is 6.41. The number of carbonyl (C=O) groups excluding carboxylic acids is 2. The molecule has 9 heteroatoms. The summed E-state index contributed by atoms with van der Waals surface area (Å²) < 4.78 is 37.4. The smallest absolute Gasteiger partial charge is 0.349 e. The number of hydrogen-bond acceptors (Lipinski definition) is 4. The van der Waals surface area contributed by atoms with E-state index in [9.17, 15) is 22.8 Å². The van der Waals surface area contributed by atoms with E-state index in [1.807, 2.05) is 0 Å². The summed E-state index contributed by atoms with van der Waals surface area (Å²) >= 11 is 0. The first-order valence-corrected chi connectivity index (χ1v) is 7.89. The molecule has 134 valence electrons. The molecule has 2 N–H and O–H groups in total. The molecule has 0 aromatic carbocycles. The minimum Gasteiger partial charge on any atom is -0.349 e. The Balaban J connectivity index is 1.64. The molecule has 3 rings (SSSR count). The van der Waals surface area contributed by atoms with Gasteiger partial charge >= 0.3 is 6.18 Å². The molecule has 2 saturated carbocycles. The number of carbonyl (C=O) groups is 2. The number of halogens is 3. The molecular formula is C16H17F3N4O2. The van der Waals surface area contributed by atoms with Crippen LogP contribution in [0, 0.1) is 5.41 Å². The molecule has 6 nitrogen and oxygen atoms in total. The van der Waals surface area contributed by atoms with E-state index < -0.39 is 17.9 Å². The van der Waals surface area contributed by atoms with E-state index in [1.54, 1.807) is 0 Å². The van der Waals surface area contributed by atoms with E-state index in [0.29, 0.717) is 6.42 Å². The number of amides is 2. The van der Waals surface area contributed by atoms with Gasteiger partial charge in [0.25, 0.3) is 5.91 Å². The Morgan fingerprint density at radius 1 is 1.20 bits per heavy atom. The Hall–Kier alpha value is -2.45. The topological polar surface area (TPSA) is 84.0 Å². The molecule has 2 aliphatic rings. The van der Waals surface area contributed by atoms with Crippen LogP contribution in [0.25, 0.3) is 0 Å². The average molecular weight is 354 g/mol. The van der Waals surface area contributed by atoms with E-state index in [4.69, 9.17) is 0 Å². The molecule has 2 amide bonds. The monoisotopic (exact) mass is 354 g/mol. The van der Waals surface area contributed by atoms with Crippen LogP contribution in [0.3, 0.4) is 0 Å². The van der Waals surface area contributed by atoms with Crippen LogP contribution in [0.1, 0.15) is 41.9 Å². The van der Waals surface area contributed by atoms with Crippen LogP contribution in [-0.4, -0.2) is 33.9 Å². The summed E-state index contributed by atoms with van der Waals surface area (Å²) in [5, 5.41) is 5.70. The molecule has 25 heavy (non-hydrogen) atoms. The van der Waals surface area contributed by atoms with Crippen LogP contribution in [-0.2, 0) is 11.0 Å². The lowest BCUT2D eigenvalue weighted by Gasteiger charge is -2.61. The van der Waals surface area contributed by atoms with Crippen molar-refractivity contribution in [3.8, 4) is 0 Å². The molecule has 1 aromatic rings. The first-order valence-electron chi connectivity index (χ1n) is 7.89. The number of aromatic nitrogens is 2. The van der Waals surface area contributed by atoms with Crippen molar-refractivity contribution in [1.29, 1.82) is 0 Å². The van der Waals surface area contributed by atoms with Gasteiger partial charge in [-0.15, -0.1) is 0 Å². The van der Waals surface area contributed by atoms with Gasteiger partial charge in [0.15, 0.2) is 0 Å². The summed E-state index contributed by atoms with van der Waals surface area (Å²) in [4.78, 5) is 30.1. The van der Waals surface area contributed by atoms with Crippen LogP contribution >= 0.6 is 0 Å². The van der Waals surface area contributed by atoms with Crippen molar-refractivity contribution >= 4 is 11.8 Å². The van der Waals surface area contributed by atoms with Crippen LogP contribution in [0.2, 0.25) is 0 Å². The van der Waals surface area contributed by atoms with Gasteiger partial charge in [-0.2, -0.15) is 13.2 Å². The summed E-state index contributed by atoms with van der Waals surface area (Å²) in [6.07, 6.45) is 1.64. The van der Waals surface area contributed by atoms with Crippen molar-refractivity contribution in [3.05, 3.63) is 36.4 Å². The van der Waals surface area contributed by atoms with Gasteiger partial charge in [0, 0.05) is 29.9 Å². The number of rotatable bonds is 4. The molecular weight excluding hydrogens is 337 g/mol. The first-order chi connectivity index (χ1) is 11.8. The summed E-state index contributed by atoms with van der Waals surface area (Å²) in [7, 11) is 0. The van der Waals surface area contributed by atoms with Crippen LogP contribution in [0.4, 0.5) is 13.2 Å². The Morgan fingerprint density at radius 2 is 1.80 bits per heavy atom. The third-order valence-corrected chi connectivity index (χ3v) is 5.12. The lowest BCUT2D eigenvalue weighted by Crippen LogP contribution is -2.71. The number of hydrogen-bond donors (Lipinski definition) is 2. The van der Waals surface area contributed by atoms with E-state index >= 15 is 0 Å². The Kier molecular flexibility index (Phi) is 4.26. The second kappa shape index (κ2) is 6.12. The molecule has 0 saturated heterocycles. The maximum Gasteiger partial charge on any atom is 0.451 e. The predicted molar refractivity (Wildman–Crippen MR) is 81.3 cm³/mol. The summed E-state index contributed by atoms with van der Waals surface area (Å²) in [5.41, 5.74) is -0.206. The highest BCUT2D eigenvalue weighted by atomic mass is 19.4. The molecule has 2 unspecified atom stereocenters. The largest absolute Gasteiger partial charge is 0.451 e. The van der Waals surface area contributed by atoms with Gasteiger partial charge in [0.05, 0.1) is 5.56 Å². The van der Waals surface area contributed by atoms with Crippen molar-refractivity contribution < 1.29 is 22.8 Å². The van der Waals surface area contributed by atoms with Crippen molar-refractivity contribution in [3.63, 3.8) is 0 Å². The van der Waals surface area contributed by atoms with Gasteiger partial charge in [-0.1, -0.05) is 13.0 Å².